The molecule has 0 fully saturated rings. The molecule has 0 saturated heterocycles. The van der Waals surface area contributed by atoms with Gasteiger partial charge >= 0.3 is 0 Å². The fourth-order valence-corrected chi connectivity index (χ4v) is 4.34. The van der Waals surface area contributed by atoms with Crippen molar-refractivity contribution in [1.82, 2.24) is 4.72 Å². The third-order valence-electron chi connectivity index (χ3n) is 2.06. The fourth-order valence-electron chi connectivity index (χ4n) is 1.30. The summed E-state index contributed by atoms with van der Waals surface area (Å²) in [6.45, 7) is 1.84. The minimum absolute atomic E-state index is 0.188. The van der Waals surface area contributed by atoms with E-state index in [2.05, 4.69) is 4.72 Å². The lowest BCUT2D eigenvalue weighted by Gasteiger charge is -2.11. The van der Waals surface area contributed by atoms with Crippen molar-refractivity contribution in [3.8, 4) is 0 Å². The molecule has 2 aromatic heterocycles. The summed E-state index contributed by atoms with van der Waals surface area (Å²) < 4.78 is 26.8. The van der Waals surface area contributed by atoms with Crippen molar-refractivity contribution in [1.29, 1.82) is 0 Å². The van der Waals surface area contributed by atoms with Crippen LogP contribution < -0.4 is 4.72 Å². The highest BCUT2D eigenvalue weighted by atomic mass is 32.2. The van der Waals surface area contributed by atoms with E-state index < -0.39 is 10.0 Å². The van der Waals surface area contributed by atoms with Crippen LogP contribution in [0.2, 0.25) is 0 Å². The highest BCUT2D eigenvalue weighted by Crippen LogP contribution is 2.22. The lowest BCUT2D eigenvalue weighted by atomic mass is 10.3. The third-order valence-corrected chi connectivity index (χ3v) is 6.06. The number of sulfonamides is 1. The molecule has 0 aliphatic carbocycles. The van der Waals surface area contributed by atoms with E-state index in [1.807, 2.05) is 24.4 Å². The third kappa shape index (κ3) is 2.52. The molecule has 0 aliphatic heterocycles. The maximum atomic E-state index is 11.9. The average Bonchev–Trinajstić information content (AvgIpc) is 2.91. The summed E-state index contributed by atoms with van der Waals surface area (Å²) in [5.74, 6) is 0. The first-order chi connectivity index (χ1) is 7.59. The molecule has 3 nitrogen and oxygen atoms in total. The zero-order valence-corrected chi connectivity index (χ0v) is 11.0. The number of hydrogen-bond donors (Lipinski definition) is 1. The quantitative estimate of drug-likeness (QED) is 0.931. The molecule has 0 aromatic carbocycles. The van der Waals surface area contributed by atoms with Gasteiger partial charge in [-0.2, -0.15) is 0 Å². The standard InChI is InChI=1S/C10H11NO2S3/c1-8(9-4-2-6-14-9)11-16(12,13)10-5-3-7-15-10/h2-8,11H,1H3/t8-/m0/s1. The Morgan fingerprint density at radius 2 is 1.88 bits per heavy atom. The number of rotatable bonds is 4. The number of hydrogen-bond acceptors (Lipinski definition) is 4. The second kappa shape index (κ2) is 4.67. The van der Waals surface area contributed by atoms with E-state index in [4.69, 9.17) is 0 Å². The van der Waals surface area contributed by atoms with Crippen LogP contribution in [0.5, 0.6) is 0 Å². The molecule has 0 aliphatic rings. The Morgan fingerprint density at radius 1 is 1.19 bits per heavy atom. The van der Waals surface area contributed by atoms with Gasteiger partial charge in [-0.3, -0.25) is 0 Å². The van der Waals surface area contributed by atoms with E-state index in [1.54, 1.807) is 28.8 Å². The van der Waals surface area contributed by atoms with Crippen molar-refractivity contribution in [2.45, 2.75) is 17.2 Å². The van der Waals surface area contributed by atoms with Crippen molar-refractivity contribution in [2.75, 3.05) is 0 Å². The smallest absolute Gasteiger partial charge is 0.206 e. The summed E-state index contributed by atoms with van der Waals surface area (Å²) in [5, 5.41) is 3.69. The van der Waals surface area contributed by atoms with Gasteiger partial charge in [-0.1, -0.05) is 12.1 Å². The van der Waals surface area contributed by atoms with Gasteiger partial charge in [0.25, 0.3) is 10.0 Å². The molecule has 0 amide bonds. The van der Waals surface area contributed by atoms with E-state index in [-0.39, 0.29) is 6.04 Å². The van der Waals surface area contributed by atoms with E-state index in [9.17, 15) is 8.42 Å². The molecule has 1 N–H and O–H groups in total. The molecule has 0 unspecified atom stereocenters. The van der Waals surface area contributed by atoms with Crippen LogP contribution in [-0.2, 0) is 10.0 Å². The first-order valence-corrected chi connectivity index (χ1v) is 7.93. The zero-order chi connectivity index (χ0) is 11.6. The lowest BCUT2D eigenvalue weighted by molar-refractivity contribution is 0.570. The van der Waals surface area contributed by atoms with Crippen molar-refractivity contribution in [2.24, 2.45) is 0 Å². The van der Waals surface area contributed by atoms with Crippen molar-refractivity contribution in [3.05, 3.63) is 39.9 Å². The van der Waals surface area contributed by atoms with Crippen molar-refractivity contribution < 1.29 is 8.42 Å². The van der Waals surface area contributed by atoms with Gasteiger partial charge in [-0.15, -0.1) is 22.7 Å². The lowest BCUT2D eigenvalue weighted by Crippen LogP contribution is -2.25. The maximum absolute atomic E-state index is 11.9. The predicted molar refractivity (Wildman–Crippen MR) is 67.4 cm³/mol. The Bertz CT molecular complexity index is 529. The minimum atomic E-state index is -3.37. The summed E-state index contributed by atoms with van der Waals surface area (Å²) in [6, 6.07) is 6.98. The van der Waals surface area contributed by atoms with Crippen LogP contribution in [0.3, 0.4) is 0 Å². The highest BCUT2D eigenvalue weighted by Gasteiger charge is 2.19. The molecule has 16 heavy (non-hydrogen) atoms. The molecule has 2 rings (SSSR count). The molecule has 2 aromatic rings. The Balaban J connectivity index is 2.16. The molecule has 0 saturated carbocycles. The molecule has 0 spiro atoms. The van der Waals surface area contributed by atoms with Gasteiger partial charge in [0.2, 0.25) is 0 Å². The van der Waals surface area contributed by atoms with E-state index in [0.29, 0.717) is 4.21 Å². The summed E-state index contributed by atoms with van der Waals surface area (Å²) in [6.07, 6.45) is 0. The van der Waals surface area contributed by atoms with Crippen LogP contribution in [-0.4, -0.2) is 8.42 Å². The normalized spacial score (nSPS) is 13.8. The van der Waals surface area contributed by atoms with Gasteiger partial charge in [-0.25, -0.2) is 13.1 Å². The highest BCUT2D eigenvalue weighted by molar-refractivity contribution is 7.91. The predicted octanol–water partition coefficient (Wildman–Crippen LogP) is 2.85. The monoisotopic (exact) mass is 273 g/mol. The Labute approximate surface area is 103 Å². The van der Waals surface area contributed by atoms with Crippen LogP contribution in [0.15, 0.2) is 39.2 Å². The van der Waals surface area contributed by atoms with Crippen LogP contribution in [0.25, 0.3) is 0 Å². The van der Waals surface area contributed by atoms with E-state index in [1.165, 1.54) is 11.3 Å². The van der Waals surface area contributed by atoms with Gasteiger partial charge in [0, 0.05) is 4.88 Å². The van der Waals surface area contributed by atoms with Gasteiger partial charge in [0.05, 0.1) is 6.04 Å². The molecule has 0 bridgehead atoms. The fraction of sp³-hybridized carbons (Fsp3) is 0.200. The second-order valence-corrected chi connectivity index (χ2v) is 7.16. The Kier molecular flexibility index (Phi) is 3.44. The van der Waals surface area contributed by atoms with Crippen LogP contribution in [0.1, 0.15) is 17.8 Å². The number of nitrogens with one attached hydrogen (secondary N) is 1. The maximum Gasteiger partial charge on any atom is 0.250 e. The SMILES string of the molecule is C[C@H](NS(=O)(=O)c1cccs1)c1cccs1. The van der Waals surface area contributed by atoms with E-state index in [0.717, 1.165) is 4.88 Å². The van der Waals surface area contributed by atoms with Gasteiger partial charge in [0.15, 0.2) is 0 Å². The molecular weight excluding hydrogens is 262 g/mol. The second-order valence-electron chi connectivity index (χ2n) is 3.29. The first kappa shape index (κ1) is 11.8. The molecular formula is C10H11NO2S3. The molecule has 6 heteroatoms. The average molecular weight is 273 g/mol. The molecule has 2 heterocycles. The van der Waals surface area contributed by atoms with Gasteiger partial charge in [-0.05, 0) is 29.8 Å². The van der Waals surface area contributed by atoms with Gasteiger partial charge in [0.1, 0.15) is 4.21 Å². The number of thiophene rings is 2. The van der Waals surface area contributed by atoms with Gasteiger partial charge < -0.3 is 0 Å². The van der Waals surface area contributed by atoms with Crippen LogP contribution >= 0.6 is 22.7 Å². The topological polar surface area (TPSA) is 46.2 Å². The molecule has 1 atom stereocenters. The summed E-state index contributed by atoms with van der Waals surface area (Å²) in [5.41, 5.74) is 0. The minimum Gasteiger partial charge on any atom is -0.206 e. The van der Waals surface area contributed by atoms with Crippen LogP contribution in [0.4, 0.5) is 0 Å². The van der Waals surface area contributed by atoms with Crippen molar-refractivity contribution >= 4 is 32.7 Å². The Hall–Kier alpha value is -0.690. The van der Waals surface area contributed by atoms with E-state index >= 15 is 0 Å². The summed E-state index contributed by atoms with van der Waals surface area (Å²) >= 11 is 2.77. The molecule has 0 radical (unpaired) electrons. The molecule has 86 valence electrons. The summed E-state index contributed by atoms with van der Waals surface area (Å²) in [4.78, 5) is 1.01. The largest absolute Gasteiger partial charge is 0.250 e. The Morgan fingerprint density at radius 3 is 2.44 bits per heavy atom. The summed E-state index contributed by atoms with van der Waals surface area (Å²) in [7, 11) is -3.37. The first-order valence-electron chi connectivity index (χ1n) is 4.69. The zero-order valence-electron chi connectivity index (χ0n) is 8.58. The van der Waals surface area contributed by atoms with Crippen molar-refractivity contribution in [3.63, 3.8) is 0 Å². The van der Waals surface area contributed by atoms with Crippen LogP contribution in [0, 0.1) is 0 Å².